The van der Waals surface area contributed by atoms with Crippen molar-refractivity contribution >= 4 is 5.97 Å². The molecule has 20 heavy (non-hydrogen) atoms. The topological polar surface area (TPSA) is 103 Å². The monoisotopic (exact) mass is 283 g/mol. The summed E-state index contributed by atoms with van der Waals surface area (Å²) in [5.74, 6) is -0.625. The van der Waals surface area contributed by atoms with Crippen LogP contribution >= 0.6 is 0 Å². The van der Waals surface area contributed by atoms with Crippen LogP contribution in [0.5, 0.6) is 0 Å². The van der Waals surface area contributed by atoms with Crippen LogP contribution in [0.25, 0.3) is 0 Å². The second kappa shape index (κ2) is 5.17. The van der Waals surface area contributed by atoms with Crippen LogP contribution in [0.15, 0.2) is 22.8 Å². The zero-order valence-corrected chi connectivity index (χ0v) is 10.8. The lowest BCUT2D eigenvalue weighted by Gasteiger charge is -2.42. The predicted octanol–water partition coefficient (Wildman–Crippen LogP) is -1.02. The van der Waals surface area contributed by atoms with Gasteiger partial charge in [-0.05, 0) is 18.6 Å². The number of carbonyl (C=O) groups excluding carboxylic acids is 1. The van der Waals surface area contributed by atoms with Gasteiger partial charge >= 0.3 is 5.97 Å². The number of carbonyl (C=O) groups is 1. The van der Waals surface area contributed by atoms with E-state index < -0.39 is 36.4 Å². The lowest BCUT2D eigenvalue weighted by atomic mass is 9.93. The lowest BCUT2D eigenvalue weighted by molar-refractivity contribution is -0.144. The van der Waals surface area contributed by atoms with Crippen molar-refractivity contribution in [2.24, 2.45) is 0 Å². The van der Waals surface area contributed by atoms with Crippen LogP contribution in [0.4, 0.5) is 0 Å². The van der Waals surface area contributed by atoms with Gasteiger partial charge in [0, 0.05) is 13.1 Å². The van der Waals surface area contributed by atoms with Gasteiger partial charge in [0.15, 0.2) is 0 Å². The van der Waals surface area contributed by atoms with E-state index in [-0.39, 0.29) is 12.3 Å². The zero-order valence-electron chi connectivity index (χ0n) is 10.8. The summed E-state index contributed by atoms with van der Waals surface area (Å²) in [7, 11) is 0. The Hall–Kier alpha value is -1.41. The van der Waals surface area contributed by atoms with E-state index in [0.29, 0.717) is 13.0 Å². The molecular weight excluding hydrogens is 266 g/mol. The number of aliphatic hydroxyl groups is 3. The molecule has 3 N–H and O–H groups in total. The molecule has 3 rings (SSSR count). The lowest BCUT2D eigenvalue weighted by Crippen LogP contribution is -2.62. The first-order valence-corrected chi connectivity index (χ1v) is 6.60. The molecule has 2 aliphatic rings. The molecule has 3 heterocycles. The number of fused-ring (bicyclic) bond motifs is 1. The van der Waals surface area contributed by atoms with Crippen molar-refractivity contribution in [2.45, 2.75) is 36.9 Å². The average Bonchev–Trinajstić information content (AvgIpc) is 3.05. The van der Waals surface area contributed by atoms with Crippen LogP contribution in [0, 0.1) is 0 Å². The SMILES string of the molecule is O=C(O[C@H]1CN2CC[C@H](O)[C@@H]2[C@@H](O)[C@@H]1O)c1ccco1. The number of piperidine rings is 1. The van der Waals surface area contributed by atoms with E-state index in [0.717, 1.165) is 0 Å². The fraction of sp³-hybridized carbons (Fsp3) is 0.615. The summed E-state index contributed by atoms with van der Waals surface area (Å²) < 4.78 is 10.1. The Morgan fingerprint density at radius 3 is 2.85 bits per heavy atom. The molecule has 0 bridgehead atoms. The van der Waals surface area contributed by atoms with Crippen LogP contribution in [-0.4, -0.2) is 69.7 Å². The van der Waals surface area contributed by atoms with Crippen LogP contribution in [0.2, 0.25) is 0 Å². The zero-order chi connectivity index (χ0) is 14.3. The minimum Gasteiger partial charge on any atom is -0.457 e. The highest BCUT2D eigenvalue weighted by Gasteiger charge is 2.49. The Bertz CT molecular complexity index is 475. The fourth-order valence-electron chi connectivity index (χ4n) is 2.98. The second-order valence-corrected chi connectivity index (χ2v) is 5.24. The number of esters is 1. The molecule has 0 aromatic carbocycles. The number of hydrogen-bond donors (Lipinski definition) is 3. The van der Waals surface area contributed by atoms with E-state index in [1.807, 2.05) is 4.90 Å². The maximum Gasteiger partial charge on any atom is 0.374 e. The number of furan rings is 1. The molecule has 0 aliphatic carbocycles. The van der Waals surface area contributed by atoms with Gasteiger partial charge in [-0.15, -0.1) is 0 Å². The van der Waals surface area contributed by atoms with Crippen LogP contribution in [0.1, 0.15) is 17.0 Å². The Balaban J connectivity index is 1.70. The largest absolute Gasteiger partial charge is 0.457 e. The summed E-state index contributed by atoms with van der Waals surface area (Å²) in [6.07, 6.45) is -1.98. The van der Waals surface area contributed by atoms with Gasteiger partial charge in [0.05, 0.1) is 18.4 Å². The molecule has 5 atom stereocenters. The molecule has 1 aromatic rings. The molecule has 0 amide bonds. The van der Waals surface area contributed by atoms with Gasteiger partial charge in [0.25, 0.3) is 0 Å². The van der Waals surface area contributed by atoms with E-state index in [1.165, 1.54) is 12.3 Å². The fourth-order valence-corrected chi connectivity index (χ4v) is 2.98. The van der Waals surface area contributed by atoms with Crippen molar-refractivity contribution in [1.29, 1.82) is 0 Å². The van der Waals surface area contributed by atoms with Crippen molar-refractivity contribution in [3.8, 4) is 0 Å². The van der Waals surface area contributed by atoms with Gasteiger partial charge < -0.3 is 24.5 Å². The molecule has 2 fully saturated rings. The third kappa shape index (κ3) is 2.22. The van der Waals surface area contributed by atoms with Crippen molar-refractivity contribution in [3.63, 3.8) is 0 Å². The van der Waals surface area contributed by atoms with Gasteiger partial charge in [0.1, 0.15) is 18.3 Å². The average molecular weight is 283 g/mol. The van der Waals surface area contributed by atoms with Crippen molar-refractivity contribution in [3.05, 3.63) is 24.2 Å². The van der Waals surface area contributed by atoms with Gasteiger partial charge in [-0.2, -0.15) is 0 Å². The van der Waals surface area contributed by atoms with Crippen LogP contribution < -0.4 is 0 Å². The molecule has 2 saturated heterocycles. The van der Waals surface area contributed by atoms with E-state index in [4.69, 9.17) is 9.15 Å². The van der Waals surface area contributed by atoms with E-state index in [2.05, 4.69) is 0 Å². The molecular formula is C13H17NO6. The molecule has 7 heteroatoms. The van der Waals surface area contributed by atoms with Gasteiger partial charge in [-0.1, -0.05) is 0 Å². The molecule has 2 aliphatic heterocycles. The van der Waals surface area contributed by atoms with Gasteiger partial charge in [-0.25, -0.2) is 4.79 Å². The molecule has 110 valence electrons. The van der Waals surface area contributed by atoms with Crippen molar-refractivity contribution in [1.82, 2.24) is 4.90 Å². The maximum atomic E-state index is 11.8. The maximum absolute atomic E-state index is 11.8. The van der Waals surface area contributed by atoms with E-state index >= 15 is 0 Å². The molecule has 0 radical (unpaired) electrons. The minimum absolute atomic E-state index is 0.0512. The van der Waals surface area contributed by atoms with E-state index in [1.54, 1.807) is 6.07 Å². The van der Waals surface area contributed by atoms with Crippen LogP contribution in [0.3, 0.4) is 0 Å². The summed E-state index contributed by atoms with van der Waals surface area (Å²) in [6.45, 7) is 0.886. The summed E-state index contributed by atoms with van der Waals surface area (Å²) in [5, 5.41) is 29.9. The Morgan fingerprint density at radius 2 is 2.15 bits per heavy atom. The molecule has 1 aromatic heterocycles. The number of rotatable bonds is 2. The van der Waals surface area contributed by atoms with Crippen molar-refractivity contribution < 1.29 is 29.3 Å². The second-order valence-electron chi connectivity index (χ2n) is 5.24. The Labute approximate surface area is 115 Å². The first-order valence-electron chi connectivity index (χ1n) is 6.60. The third-order valence-electron chi connectivity index (χ3n) is 4.00. The number of hydrogen-bond acceptors (Lipinski definition) is 7. The predicted molar refractivity (Wildman–Crippen MR) is 65.9 cm³/mol. The van der Waals surface area contributed by atoms with Crippen LogP contribution in [-0.2, 0) is 4.74 Å². The standard InChI is InChI=1S/C13H17NO6/c15-7-3-4-14-6-9(11(16)12(17)10(7)14)20-13(18)8-2-1-5-19-8/h1-2,5,7,9-12,15-17H,3-4,6H2/t7-,9-,10+,11+,12+/m0/s1. The minimum atomic E-state index is -1.22. The highest BCUT2D eigenvalue weighted by molar-refractivity contribution is 5.86. The smallest absolute Gasteiger partial charge is 0.374 e. The molecule has 0 saturated carbocycles. The number of aliphatic hydroxyl groups excluding tert-OH is 3. The normalized spacial score (nSPS) is 37.6. The van der Waals surface area contributed by atoms with Gasteiger partial charge in [-0.3, -0.25) is 4.90 Å². The summed E-state index contributed by atoms with van der Waals surface area (Å²) in [5.41, 5.74) is 0. The summed E-state index contributed by atoms with van der Waals surface area (Å²) in [6, 6.07) is 2.54. The van der Waals surface area contributed by atoms with Gasteiger partial charge in [0.2, 0.25) is 5.76 Å². The number of nitrogens with zero attached hydrogens (tertiary/aromatic N) is 1. The highest BCUT2D eigenvalue weighted by Crippen LogP contribution is 2.29. The Morgan fingerprint density at radius 1 is 1.35 bits per heavy atom. The molecule has 7 nitrogen and oxygen atoms in total. The van der Waals surface area contributed by atoms with E-state index in [9.17, 15) is 20.1 Å². The van der Waals surface area contributed by atoms with Crippen molar-refractivity contribution in [2.75, 3.05) is 13.1 Å². The molecule has 0 unspecified atom stereocenters. The molecule has 0 spiro atoms. The summed E-state index contributed by atoms with van der Waals surface area (Å²) in [4.78, 5) is 13.6. The first kappa shape index (κ1) is 13.6. The third-order valence-corrected chi connectivity index (χ3v) is 4.00. The highest BCUT2D eigenvalue weighted by atomic mass is 16.6. The Kier molecular flexibility index (Phi) is 3.51. The number of ether oxygens (including phenoxy) is 1. The quantitative estimate of drug-likeness (QED) is 0.597. The first-order chi connectivity index (χ1) is 9.58. The summed E-state index contributed by atoms with van der Waals surface area (Å²) >= 11 is 0.